The molecule has 0 bridgehead atoms. The predicted octanol–water partition coefficient (Wildman–Crippen LogP) is 3.02. The molecule has 1 aromatic heterocycles. The van der Waals surface area contributed by atoms with E-state index in [-0.39, 0.29) is 5.91 Å². The lowest BCUT2D eigenvalue weighted by molar-refractivity contribution is -0.118. The van der Waals surface area contributed by atoms with E-state index in [9.17, 15) is 4.79 Å². The molecule has 1 aromatic carbocycles. The first-order chi connectivity index (χ1) is 12.1. The maximum Gasteiger partial charge on any atom is 0.492 e. The molecular formula is C19H26BN3O3. The number of nitrogens with one attached hydrogen (secondary N) is 2. The third-order valence-corrected chi connectivity index (χ3v) is 5.07. The monoisotopic (exact) mass is 355 g/mol. The number of benzene rings is 1. The zero-order valence-corrected chi connectivity index (χ0v) is 16.3. The van der Waals surface area contributed by atoms with Gasteiger partial charge in [0.15, 0.2) is 0 Å². The molecule has 1 aliphatic rings. The van der Waals surface area contributed by atoms with Gasteiger partial charge in [-0.15, -0.1) is 0 Å². The van der Waals surface area contributed by atoms with Crippen LogP contribution in [0.15, 0.2) is 23.7 Å². The number of hydrogen-bond donors (Lipinski definition) is 2. The smallest absolute Gasteiger partial charge is 0.400 e. The fourth-order valence-electron chi connectivity index (χ4n) is 2.88. The van der Waals surface area contributed by atoms with Gasteiger partial charge in [-0.1, -0.05) is 12.1 Å². The highest BCUT2D eigenvalue weighted by Crippen LogP contribution is 2.38. The van der Waals surface area contributed by atoms with Gasteiger partial charge in [0.2, 0.25) is 5.91 Å². The number of aromatic nitrogens is 2. The molecule has 1 aliphatic heterocycles. The highest BCUT2D eigenvalue weighted by Gasteiger charge is 2.52. The van der Waals surface area contributed by atoms with Gasteiger partial charge in [-0.3, -0.25) is 4.79 Å². The Labute approximate surface area is 154 Å². The lowest BCUT2D eigenvalue weighted by Crippen LogP contribution is -2.41. The van der Waals surface area contributed by atoms with Crippen molar-refractivity contribution in [2.75, 3.05) is 6.54 Å². The van der Waals surface area contributed by atoms with E-state index in [0.29, 0.717) is 6.54 Å². The van der Waals surface area contributed by atoms with E-state index < -0.39 is 18.3 Å². The lowest BCUT2D eigenvalue weighted by atomic mass is 9.77. The van der Waals surface area contributed by atoms with E-state index in [2.05, 4.69) is 15.3 Å². The molecular weight excluding hydrogens is 329 g/mol. The van der Waals surface area contributed by atoms with Crippen molar-refractivity contribution in [1.82, 2.24) is 15.3 Å². The number of amides is 1. The van der Waals surface area contributed by atoms with Gasteiger partial charge in [-0.2, -0.15) is 0 Å². The van der Waals surface area contributed by atoms with Crippen molar-refractivity contribution >= 4 is 30.1 Å². The molecule has 0 saturated carbocycles. The van der Waals surface area contributed by atoms with E-state index in [4.69, 9.17) is 9.31 Å². The Morgan fingerprint density at radius 3 is 2.54 bits per heavy atom. The van der Waals surface area contributed by atoms with E-state index in [0.717, 1.165) is 27.9 Å². The largest absolute Gasteiger partial charge is 0.492 e. The minimum absolute atomic E-state index is 0.0907. The third-order valence-electron chi connectivity index (χ3n) is 5.07. The van der Waals surface area contributed by atoms with Gasteiger partial charge in [-0.25, -0.2) is 4.98 Å². The van der Waals surface area contributed by atoms with Crippen molar-refractivity contribution < 1.29 is 14.1 Å². The second kappa shape index (κ2) is 6.56. The minimum atomic E-state index is -0.508. The topological polar surface area (TPSA) is 76.2 Å². The van der Waals surface area contributed by atoms with Crippen LogP contribution >= 0.6 is 0 Å². The lowest BCUT2D eigenvalue weighted by Gasteiger charge is -2.32. The van der Waals surface area contributed by atoms with Gasteiger partial charge in [0.05, 0.1) is 22.2 Å². The molecule has 7 heteroatoms. The summed E-state index contributed by atoms with van der Waals surface area (Å²) in [5, 5.41) is 2.85. The summed E-state index contributed by atoms with van der Waals surface area (Å²) < 4.78 is 12.3. The predicted molar refractivity (Wildman–Crippen MR) is 104 cm³/mol. The average molecular weight is 355 g/mol. The highest BCUT2D eigenvalue weighted by molar-refractivity contribution is 6.56. The van der Waals surface area contributed by atoms with Gasteiger partial charge < -0.3 is 19.6 Å². The van der Waals surface area contributed by atoms with Crippen LogP contribution in [0, 0.1) is 6.92 Å². The van der Waals surface area contributed by atoms with Crippen molar-refractivity contribution in [3.05, 3.63) is 35.1 Å². The molecule has 2 N–H and O–H groups in total. The van der Waals surface area contributed by atoms with Crippen molar-refractivity contribution in [3.8, 4) is 0 Å². The summed E-state index contributed by atoms with van der Waals surface area (Å²) in [5.41, 5.74) is 2.91. The molecule has 1 amide bonds. The molecule has 0 aliphatic carbocycles. The second-order valence-electron chi connectivity index (χ2n) is 7.82. The molecule has 2 aromatic rings. The summed E-state index contributed by atoms with van der Waals surface area (Å²) in [6.45, 7) is 11.9. The van der Waals surface area contributed by atoms with Crippen LogP contribution in [0.3, 0.4) is 0 Å². The van der Waals surface area contributed by atoms with E-state index >= 15 is 0 Å². The summed E-state index contributed by atoms with van der Waals surface area (Å²) in [4.78, 5) is 19.1. The number of nitrogens with zero attached hydrogens (tertiary/aromatic N) is 1. The molecule has 0 radical (unpaired) electrons. The van der Waals surface area contributed by atoms with Crippen LogP contribution in [0.4, 0.5) is 0 Å². The van der Waals surface area contributed by atoms with Gasteiger partial charge in [-0.05, 0) is 57.8 Å². The van der Waals surface area contributed by atoms with E-state index in [1.54, 1.807) is 0 Å². The number of aromatic amines is 1. The number of fused-ring (bicyclic) bond motifs is 1. The number of rotatable bonds is 4. The Morgan fingerprint density at radius 1 is 1.27 bits per heavy atom. The number of hydrogen-bond acceptors (Lipinski definition) is 4. The molecule has 138 valence electrons. The summed E-state index contributed by atoms with van der Waals surface area (Å²) in [7, 11) is -0.508. The molecule has 6 nitrogen and oxygen atoms in total. The van der Waals surface area contributed by atoms with Crippen LogP contribution in [0.5, 0.6) is 0 Å². The van der Waals surface area contributed by atoms with Gasteiger partial charge in [0.25, 0.3) is 0 Å². The Morgan fingerprint density at radius 2 is 1.92 bits per heavy atom. The SMILES string of the molecule is CC(=O)NCC(=Cc1ccc2nc(C)[nH]c2c1)B1OC(C)(C)C(C)(C)O1. The number of carbonyl (C=O) groups is 1. The fourth-order valence-corrected chi connectivity index (χ4v) is 2.88. The Balaban J connectivity index is 1.94. The van der Waals surface area contributed by atoms with Gasteiger partial charge in [0, 0.05) is 13.5 Å². The zero-order valence-electron chi connectivity index (χ0n) is 16.3. The van der Waals surface area contributed by atoms with E-state index in [1.165, 1.54) is 6.92 Å². The molecule has 1 fully saturated rings. The molecule has 0 spiro atoms. The van der Waals surface area contributed by atoms with Crippen LogP contribution in [0.1, 0.15) is 46.0 Å². The van der Waals surface area contributed by atoms with Crippen molar-refractivity contribution in [2.24, 2.45) is 0 Å². The molecule has 26 heavy (non-hydrogen) atoms. The fraction of sp³-hybridized carbons (Fsp3) is 0.474. The average Bonchev–Trinajstić information content (AvgIpc) is 2.98. The van der Waals surface area contributed by atoms with Gasteiger partial charge >= 0.3 is 7.12 Å². The summed E-state index contributed by atoms with van der Waals surface area (Å²) in [6, 6.07) is 6.01. The molecule has 3 rings (SSSR count). The number of H-pyrrole nitrogens is 1. The van der Waals surface area contributed by atoms with E-state index in [1.807, 2.05) is 58.9 Å². The maximum absolute atomic E-state index is 11.4. The number of carbonyl (C=O) groups excluding carboxylic acids is 1. The third kappa shape index (κ3) is 3.69. The summed E-state index contributed by atoms with van der Waals surface area (Å²) in [6.07, 6.45) is 2.01. The second-order valence-corrected chi connectivity index (χ2v) is 7.82. The minimum Gasteiger partial charge on any atom is -0.400 e. The van der Waals surface area contributed by atoms with Crippen molar-refractivity contribution in [2.45, 2.75) is 52.7 Å². The standard InChI is InChI=1S/C19H26BN3O3/c1-12-22-16-8-7-14(10-17(16)23-12)9-15(11-21-13(2)24)20-25-18(3,4)19(5,6)26-20/h7-10H,11H2,1-6H3,(H,21,24)(H,22,23). The number of aryl methyl sites for hydroxylation is 1. The summed E-state index contributed by atoms with van der Waals surface area (Å²) >= 11 is 0. The Kier molecular flexibility index (Phi) is 4.71. The Bertz CT molecular complexity index is 854. The van der Waals surface area contributed by atoms with Crippen LogP contribution in [-0.4, -0.2) is 40.7 Å². The number of imidazole rings is 1. The van der Waals surface area contributed by atoms with Crippen molar-refractivity contribution in [3.63, 3.8) is 0 Å². The zero-order chi connectivity index (χ0) is 19.1. The first-order valence-corrected chi connectivity index (χ1v) is 8.84. The first kappa shape index (κ1) is 18.7. The quantitative estimate of drug-likeness (QED) is 0.827. The summed E-state index contributed by atoms with van der Waals surface area (Å²) in [5.74, 6) is 0.789. The first-order valence-electron chi connectivity index (χ1n) is 8.84. The van der Waals surface area contributed by atoms with Gasteiger partial charge in [0.1, 0.15) is 5.82 Å². The maximum atomic E-state index is 11.4. The normalized spacial score (nSPS) is 19.2. The molecule has 1 saturated heterocycles. The highest BCUT2D eigenvalue weighted by atomic mass is 16.7. The Hall–Kier alpha value is -2.12. The van der Waals surface area contributed by atoms with Crippen molar-refractivity contribution in [1.29, 1.82) is 0 Å². The molecule has 0 atom stereocenters. The molecule has 2 heterocycles. The van der Waals surface area contributed by atoms with Crippen LogP contribution < -0.4 is 5.32 Å². The van der Waals surface area contributed by atoms with Crippen LogP contribution in [0.2, 0.25) is 0 Å². The molecule has 0 unspecified atom stereocenters. The van der Waals surface area contributed by atoms with Crippen LogP contribution in [-0.2, 0) is 14.1 Å². The van der Waals surface area contributed by atoms with Crippen LogP contribution in [0.25, 0.3) is 17.1 Å².